The zero-order valence-electron chi connectivity index (χ0n) is 14.4. The van der Waals surface area contributed by atoms with Gasteiger partial charge in [0.1, 0.15) is 0 Å². The maximum Gasteiger partial charge on any atom is 0.0702 e. The van der Waals surface area contributed by atoms with Crippen LogP contribution in [0.2, 0.25) is 0 Å². The summed E-state index contributed by atoms with van der Waals surface area (Å²) in [5.41, 5.74) is 0. The van der Waals surface area contributed by atoms with Crippen molar-refractivity contribution >= 4 is 0 Å². The van der Waals surface area contributed by atoms with E-state index in [1.165, 1.54) is 51.6 Å². The second kappa shape index (κ2) is 9.12. The predicted octanol–water partition coefficient (Wildman–Crippen LogP) is 3.29. The molecule has 0 aromatic rings. The molecule has 0 aromatic heterocycles. The van der Waals surface area contributed by atoms with E-state index in [-0.39, 0.29) is 0 Å². The Hall–Kier alpha value is -0.120. The molecule has 21 heavy (non-hydrogen) atoms. The Labute approximate surface area is 131 Å². The third-order valence-corrected chi connectivity index (χ3v) is 5.55. The molecular weight excluding hydrogens is 260 g/mol. The number of piperidine rings is 1. The van der Waals surface area contributed by atoms with E-state index in [9.17, 15) is 0 Å². The predicted molar refractivity (Wildman–Crippen MR) is 89.7 cm³/mol. The Morgan fingerprint density at radius 2 is 2.05 bits per heavy atom. The Balaban J connectivity index is 1.83. The number of hydrogen-bond donors (Lipinski definition) is 1. The molecule has 1 heterocycles. The lowest BCUT2D eigenvalue weighted by atomic mass is 9.76. The van der Waals surface area contributed by atoms with Gasteiger partial charge in [-0.2, -0.15) is 0 Å². The summed E-state index contributed by atoms with van der Waals surface area (Å²) in [5.74, 6) is 1.79. The normalized spacial score (nSPS) is 35.0. The number of nitrogens with one attached hydrogen (secondary N) is 1. The van der Waals surface area contributed by atoms with Crippen molar-refractivity contribution in [1.29, 1.82) is 0 Å². The summed E-state index contributed by atoms with van der Waals surface area (Å²) in [6.45, 7) is 9.19. The summed E-state index contributed by atoms with van der Waals surface area (Å²) in [4.78, 5) is 2.68. The fourth-order valence-corrected chi connectivity index (χ4v) is 4.24. The molecule has 0 bridgehead atoms. The monoisotopic (exact) mass is 296 g/mol. The van der Waals surface area contributed by atoms with Crippen LogP contribution in [0.15, 0.2) is 0 Å². The van der Waals surface area contributed by atoms with Gasteiger partial charge in [0.15, 0.2) is 0 Å². The molecule has 0 amide bonds. The molecule has 1 aliphatic heterocycles. The Bertz CT molecular complexity index is 284. The second-order valence-electron chi connectivity index (χ2n) is 7.14. The molecule has 0 aromatic carbocycles. The summed E-state index contributed by atoms with van der Waals surface area (Å²) in [6.07, 6.45) is 9.74. The molecule has 2 aliphatic rings. The minimum atomic E-state index is 0.484. The van der Waals surface area contributed by atoms with Crippen molar-refractivity contribution in [1.82, 2.24) is 10.2 Å². The van der Waals surface area contributed by atoms with Crippen molar-refractivity contribution in [3.63, 3.8) is 0 Å². The SMILES string of the molecule is CCCOC1CCCN(CC2CC(CC)CCC2NC)C1. The highest BCUT2D eigenvalue weighted by molar-refractivity contribution is 4.87. The van der Waals surface area contributed by atoms with Gasteiger partial charge in [-0.25, -0.2) is 0 Å². The minimum absolute atomic E-state index is 0.484. The molecule has 0 radical (unpaired) electrons. The maximum atomic E-state index is 5.99. The largest absolute Gasteiger partial charge is 0.377 e. The van der Waals surface area contributed by atoms with Crippen LogP contribution in [-0.4, -0.2) is 50.3 Å². The van der Waals surface area contributed by atoms with E-state index in [4.69, 9.17) is 4.74 Å². The standard InChI is InChI=1S/C18H36N2O/c1-4-11-21-17-7-6-10-20(14-17)13-16-12-15(5-2)8-9-18(16)19-3/h15-19H,4-14H2,1-3H3. The van der Waals surface area contributed by atoms with Crippen LogP contribution in [0, 0.1) is 11.8 Å². The van der Waals surface area contributed by atoms with E-state index in [1.54, 1.807) is 0 Å². The first-order chi connectivity index (χ1) is 10.3. The molecule has 3 nitrogen and oxygen atoms in total. The number of nitrogens with zero attached hydrogens (tertiary/aromatic N) is 1. The van der Waals surface area contributed by atoms with Gasteiger partial charge in [0.2, 0.25) is 0 Å². The van der Waals surface area contributed by atoms with Crippen LogP contribution in [0.1, 0.15) is 58.8 Å². The Morgan fingerprint density at radius 1 is 1.19 bits per heavy atom. The molecule has 4 atom stereocenters. The topological polar surface area (TPSA) is 24.5 Å². The molecule has 124 valence electrons. The van der Waals surface area contributed by atoms with E-state index in [0.717, 1.165) is 37.5 Å². The van der Waals surface area contributed by atoms with Crippen molar-refractivity contribution in [3.05, 3.63) is 0 Å². The first-order valence-electron chi connectivity index (χ1n) is 9.28. The van der Waals surface area contributed by atoms with Crippen LogP contribution in [0.5, 0.6) is 0 Å². The van der Waals surface area contributed by atoms with Gasteiger partial charge in [-0.05, 0) is 64.0 Å². The molecule has 1 aliphatic carbocycles. The van der Waals surface area contributed by atoms with Crippen LogP contribution < -0.4 is 5.32 Å². The van der Waals surface area contributed by atoms with Gasteiger partial charge in [0.25, 0.3) is 0 Å². The zero-order chi connectivity index (χ0) is 15.1. The molecule has 2 fully saturated rings. The van der Waals surface area contributed by atoms with Gasteiger partial charge < -0.3 is 15.0 Å². The van der Waals surface area contributed by atoms with Crippen LogP contribution in [0.25, 0.3) is 0 Å². The Kier molecular flexibility index (Phi) is 7.48. The van der Waals surface area contributed by atoms with Crippen LogP contribution in [0.4, 0.5) is 0 Å². The van der Waals surface area contributed by atoms with Gasteiger partial charge in [-0.15, -0.1) is 0 Å². The Morgan fingerprint density at radius 3 is 2.76 bits per heavy atom. The molecule has 1 saturated heterocycles. The van der Waals surface area contributed by atoms with Gasteiger partial charge in [0.05, 0.1) is 6.10 Å². The average Bonchev–Trinajstić information content (AvgIpc) is 2.53. The third kappa shape index (κ3) is 5.22. The van der Waals surface area contributed by atoms with Gasteiger partial charge in [0, 0.05) is 25.7 Å². The molecule has 1 saturated carbocycles. The molecule has 1 N–H and O–H groups in total. The fraction of sp³-hybridized carbons (Fsp3) is 1.00. The first-order valence-corrected chi connectivity index (χ1v) is 9.28. The van der Waals surface area contributed by atoms with E-state index in [1.807, 2.05) is 0 Å². The minimum Gasteiger partial charge on any atom is -0.377 e. The smallest absolute Gasteiger partial charge is 0.0702 e. The van der Waals surface area contributed by atoms with Gasteiger partial charge in [-0.3, -0.25) is 0 Å². The van der Waals surface area contributed by atoms with Gasteiger partial charge in [-0.1, -0.05) is 20.3 Å². The number of rotatable bonds is 7. The lowest BCUT2D eigenvalue weighted by molar-refractivity contribution is -0.00819. The van der Waals surface area contributed by atoms with Crippen LogP contribution >= 0.6 is 0 Å². The van der Waals surface area contributed by atoms with E-state index in [2.05, 4.69) is 31.1 Å². The highest BCUT2D eigenvalue weighted by Gasteiger charge is 2.31. The van der Waals surface area contributed by atoms with Crippen LogP contribution in [0.3, 0.4) is 0 Å². The summed E-state index contributed by atoms with van der Waals surface area (Å²) in [7, 11) is 2.15. The van der Waals surface area contributed by atoms with E-state index < -0.39 is 0 Å². The second-order valence-corrected chi connectivity index (χ2v) is 7.14. The summed E-state index contributed by atoms with van der Waals surface area (Å²) in [6, 6.07) is 0.727. The number of hydrogen-bond acceptors (Lipinski definition) is 3. The maximum absolute atomic E-state index is 5.99. The summed E-state index contributed by atoms with van der Waals surface area (Å²) >= 11 is 0. The summed E-state index contributed by atoms with van der Waals surface area (Å²) in [5, 5.41) is 3.58. The molecule has 0 spiro atoms. The van der Waals surface area contributed by atoms with Crippen molar-refractivity contribution in [2.24, 2.45) is 11.8 Å². The number of likely N-dealkylation sites (tertiary alicyclic amines) is 1. The quantitative estimate of drug-likeness (QED) is 0.780. The van der Waals surface area contributed by atoms with Crippen molar-refractivity contribution in [3.8, 4) is 0 Å². The highest BCUT2D eigenvalue weighted by atomic mass is 16.5. The summed E-state index contributed by atoms with van der Waals surface area (Å²) < 4.78 is 5.99. The highest BCUT2D eigenvalue weighted by Crippen LogP contribution is 2.32. The molecule has 3 heteroatoms. The first kappa shape index (κ1) is 17.2. The van der Waals surface area contributed by atoms with Gasteiger partial charge >= 0.3 is 0 Å². The molecular formula is C18H36N2O. The molecule has 2 rings (SSSR count). The van der Waals surface area contributed by atoms with Crippen molar-refractivity contribution in [2.75, 3.05) is 33.3 Å². The fourth-order valence-electron chi connectivity index (χ4n) is 4.24. The average molecular weight is 296 g/mol. The van der Waals surface area contributed by atoms with Crippen LogP contribution in [-0.2, 0) is 4.74 Å². The van der Waals surface area contributed by atoms with E-state index >= 15 is 0 Å². The zero-order valence-corrected chi connectivity index (χ0v) is 14.4. The van der Waals surface area contributed by atoms with Crippen molar-refractivity contribution < 1.29 is 4.74 Å². The molecule has 4 unspecified atom stereocenters. The van der Waals surface area contributed by atoms with E-state index in [0.29, 0.717) is 6.10 Å². The lowest BCUT2D eigenvalue weighted by Crippen LogP contribution is -2.48. The number of ether oxygens (including phenoxy) is 1. The lowest BCUT2D eigenvalue weighted by Gasteiger charge is -2.41. The van der Waals surface area contributed by atoms with Crippen molar-refractivity contribution in [2.45, 2.75) is 70.9 Å². The third-order valence-electron chi connectivity index (χ3n) is 5.55.